The highest BCUT2D eigenvalue weighted by molar-refractivity contribution is 14.1. The number of rotatable bonds is 4. The Balaban J connectivity index is 1.95. The second-order valence-corrected chi connectivity index (χ2v) is 7.37. The minimum atomic E-state index is 0.682. The number of aldehydes is 1. The molecule has 0 aromatic heterocycles. The number of fused-ring (bicyclic) bond motifs is 1. The van der Waals surface area contributed by atoms with E-state index in [2.05, 4.69) is 22.6 Å². The van der Waals surface area contributed by atoms with Crippen LogP contribution >= 0.6 is 22.6 Å². The molecule has 3 aromatic carbocycles. The monoisotopic (exact) mass is 465 g/mol. The highest BCUT2D eigenvalue weighted by Gasteiger charge is 2.28. The molecule has 3 aromatic rings. The fourth-order valence-corrected chi connectivity index (χ4v) is 3.76. The maximum atomic E-state index is 12.0. The van der Waals surface area contributed by atoms with E-state index in [4.69, 9.17) is 9.73 Å². The number of carbonyl (C=O) groups excluding carboxylic acids is 1. The molecule has 0 amide bonds. The first kappa shape index (κ1) is 17.7. The van der Waals surface area contributed by atoms with E-state index in [-0.39, 0.29) is 0 Å². The van der Waals surface area contributed by atoms with E-state index < -0.39 is 0 Å². The first-order valence-electron chi connectivity index (χ1n) is 8.49. The van der Waals surface area contributed by atoms with Crippen LogP contribution in [0.3, 0.4) is 0 Å². The number of allylic oxidation sites excluding steroid dienone is 2. The summed E-state index contributed by atoms with van der Waals surface area (Å²) < 4.78 is 6.32. The molecule has 132 valence electrons. The Bertz CT molecular complexity index is 1070. The highest BCUT2D eigenvalue weighted by atomic mass is 127. The van der Waals surface area contributed by atoms with E-state index >= 15 is 0 Å². The molecule has 4 rings (SSSR count). The standard InChI is InChI=1S/C23H16INO2/c1-27-18-10-8-17(9-11-18)25-23-19-12-7-16(24)13-20(19)21(14-26)22(23)15-5-3-2-4-6-15/h2-14H,1H3/b25-23+. The number of hydrogen-bond acceptors (Lipinski definition) is 3. The van der Waals surface area contributed by atoms with Crippen LogP contribution in [0.25, 0.3) is 11.1 Å². The minimum Gasteiger partial charge on any atom is -0.497 e. The zero-order chi connectivity index (χ0) is 18.8. The molecule has 0 N–H and O–H groups in total. The first-order valence-corrected chi connectivity index (χ1v) is 9.57. The average Bonchev–Trinajstić information content (AvgIpc) is 3.01. The van der Waals surface area contributed by atoms with E-state index in [1.807, 2.05) is 72.8 Å². The van der Waals surface area contributed by atoms with Gasteiger partial charge in [-0.05, 0) is 70.1 Å². The fourth-order valence-electron chi connectivity index (χ4n) is 3.26. The van der Waals surface area contributed by atoms with Crippen LogP contribution in [-0.4, -0.2) is 19.1 Å². The molecule has 1 aliphatic rings. The molecule has 0 radical (unpaired) electrons. The van der Waals surface area contributed by atoms with Crippen molar-refractivity contribution >= 4 is 51.4 Å². The number of hydrogen-bond donors (Lipinski definition) is 0. The van der Waals surface area contributed by atoms with Gasteiger partial charge < -0.3 is 4.74 Å². The lowest BCUT2D eigenvalue weighted by atomic mass is 9.99. The molecule has 0 atom stereocenters. The van der Waals surface area contributed by atoms with Crippen molar-refractivity contribution in [2.24, 2.45) is 4.99 Å². The molecule has 4 heteroatoms. The number of benzene rings is 3. The van der Waals surface area contributed by atoms with Crippen molar-refractivity contribution in [3.8, 4) is 5.75 Å². The van der Waals surface area contributed by atoms with Crippen molar-refractivity contribution in [2.75, 3.05) is 7.11 Å². The predicted molar refractivity (Wildman–Crippen MR) is 118 cm³/mol. The van der Waals surface area contributed by atoms with Gasteiger partial charge in [-0.25, -0.2) is 4.99 Å². The molecular weight excluding hydrogens is 449 g/mol. The summed E-state index contributed by atoms with van der Waals surface area (Å²) in [5.74, 6) is 0.785. The van der Waals surface area contributed by atoms with Crippen LogP contribution in [0.5, 0.6) is 5.75 Å². The third-order valence-corrected chi connectivity index (χ3v) is 5.20. The molecule has 0 saturated heterocycles. The van der Waals surface area contributed by atoms with Gasteiger partial charge in [0.25, 0.3) is 0 Å². The van der Waals surface area contributed by atoms with Crippen LogP contribution in [0, 0.1) is 3.57 Å². The molecule has 27 heavy (non-hydrogen) atoms. The third kappa shape index (κ3) is 3.32. The normalized spacial score (nSPS) is 14.4. The van der Waals surface area contributed by atoms with Crippen LogP contribution in [0.2, 0.25) is 0 Å². The maximum absolute atomic E-state index is 12.0. The lowest BCUT2D eigenvalue weighted by Crippen LogP contribution is -2.00. The number of carbonyl (C=O) groups is 1. The van der Waals surface area contributed by atoms with Gasteiger partial charge in [0.05, 0.1) is 18.5 Å². The lowest BCUT2D eigenvalue weighted by Gasteiger charge is -2.08. The van der Waals surface area contributed by atoms with E-state index in [1.54, 1.807) is 7.11 Å². The third-order valence-electron chi connectivity index (χ3n) is 4.53. The molecule has 3 nitrogen and oxygen atoms in total. The Kier molecular flexibility index (Phi) is 4.90. The summed E-state index contributed by atoms with van der Waals surface area (Å²) in [6.45, 7) is 0. The number of ether oxygens (including phenoxy) is 1. The van der Waals surface area contributed by atoms with Crippen molar-refractivity contribution in [3.63, 3.8) is 0 Å². The zero-order valence-corrected chi connectivity index (χ0v) is 16.8. The Labute approximate surface area is 171 Å². The smallest absolute Gasteiger partial charge is 0.151 e. The summed E-state index contributed by atoms with van der Waals surface area (Å²) in [4.78, 5) is 16.9. The highest BCUT2D eigenvalue weighted by Crippen LogP contribution is 2.39. The lowest BCUT2D eigenvalue weighted by molar-refractivity contribution is -0.103. The quantitative estimate of drug-likeness (QED) is 0.375. The van der Waals surface area contributed by atoms with Crippen molar-refractivity contribution in [3.05, 3.63) is 93.1 Å². The predicted octanol–water partition coefficient (Wildman–Crippen LogP) is 5.54. The second-order valence-electron chi connectivity index (χ2n) is 6.12. The van der Waals surface area contributed by atoms with E-state index in [9.17, 15) is 4.79 Å². The summed E-state index contributed by atoms with van der Waals surface area (Å²) in [6.07, 6.45) is 0.938. The van der Waals surface area contributed by atoms with Crippen molar-refractivity contribution in [1.82, 2.24) is 0 Å². The van der Waals surface area contributed by atoms with Gasteiger partial charge >= 0.3 is 0 Å². The van der Waals surface area contributed by atoms with Crippen LogP contribution in [-0.2, 0) is 4.79 Å². The average molecular weight is 465 g/mol. The van der Waals surface area contributed by atoms with Crippen molar-refractivity contribution < 1.29 is 9.53 Å². The van der Waals surface area contributed by atoms with Gasteiger partial charge in [0, 0.05) is 20.3 Å². The SMILES string of the molecule is COc1ccc(/N=C2/C(c3ccccc3)=C(C=O)c3cc(I)ccc32)cc1. The van der Waals surface area contributed by atoms with Crippen LogP contribution < -0.4 is 4.74 Å². The number of halogens is 1. The van der Waals surface area contributed by atoms with E-state index in [0.29, 0.717) is 5.57 Å². The Morgan fingerprint density at radius 3 is 2.33 bits per heavy atom. The van der Waals surface area contributed by atoms with Gasteiger partial charge in [-0.3, -0.25) is 4.79 Å². The first-order chi connectivity index (χ1) is 13.2. The van der Waals surface area contributed by atoms with Gasteiger partial charge in [0.15, 0.2) is 6.29 Å². The van der Waals surface area contributed by atoms with Gasteiger partial charge in [0.1, 0.15) is 5.75 Å². The van der Waals surface area contributed by atoms with E-state index in [1.165, 1.54) is 0 Å². The van der Waals surface area contributed by atoms with Gasteiger partial charge in [0.2, 0.25) is 0 Å². The molecule has 0 bridgehead atoms. The Hall–Kier alpha value is -2.73. The number of methoxy groups -OCH3 is 1. The largest absolute Gasteiger partial charge is 0.497 e. The van der Waals surface area contributed by atoms with Gasteiger partial charge in [-0.15, -0.1) is 0 Å². The molecule has 0 unspecified atom stereocenters. The minimum absolute atomic E-state index is 0.682. The van der Waals surface area contributed by atoms with Crippen LogP contribution in [0.1, 0.15) is 16.7 Å². The molecule has 0 spiro atoms. The topological polar surface area (TPSA) is 38.7 Å². The second kappa shape index (κ2) is 7.48. The maximum Gasteiger partial charge on any atom is 0.151 e. The Morgan fingerprint density at radius 2 is 1.67 bits per heavy atom. The van der Waals surface area contributed by atoms with Crippen LogP contribution in [0.15, 0.2) is 77.8 Å². The summed E-state index contributed by atoms with van der Waals surface area (Å²) in [6, 6.07) is 23.7. The summed E-state index contributed by atoms with van der Waals surface area (Å²) in [7, 11) is 1.64. The molecule has 1 aliphatic carbocycles. The van der Waals surface area contributed by atoms with Crippen molar-refractivity contribution in [2.45, 2.75) is 0 Å². The number of nitrogens with zero attached hydrogens (tertiary/aromatic N) is 1. The van der Waals surface area contributed by atoms with Crippen LogP contribution in [0.4, 0.5) is 5.69 Å². The molecule has 0 aliphatic heterocycles. The summed E-state index contributed by atoms with van der Waals surface area (Å²) in [5, 5.41) is 0. The molecule has 0 saturated carbocycles. The summed E-state index contributed by atoms with van der Waals surface area (Å²) in [5.41, 5.74) is 6.09. The summed E-state index contributed by atoms with van der Waals surface area (Å²) >= 11 is 2.27. The van der Waals surface area contributed by atoms with Gasteiger partial charge in [-0.2, -0.15) is 0 Å². The van der Waals surface area contributed by atoms with E-state index in [0.717, 1.165) is 49.3 Å². The zero-order valence-electron chi connectivity index (χ0n) is 14.6. The molecule has 0 fully saturated rings. The number of aliphatic imine (C=N–C) groups is 1. The van der Waals surface area contributed by atoms with Gasteiger partial charge in [-0.1, -0.05) is 36.4 Å². The molecule has 0 heterocycles. The Morgan fingerprint density at radius 1 is 0.926 bits per heavy atom. The van der Waals surface area contributed by atoms with Crippen molar-refractivity contribution in [1.29, 1.82) is 0 Å². The fraction of sp³-hybridized carbons (Fsp3) is 0.0435. The molecular formula is C23H16INO2.